The highest BCUT2D eigenvalue weighted by molar-refractivity contribution is 6.22. The molecule has 5 heteroatoms. The van der Waals surface area contributed by atoms with E-state index in [1.165, 1.54) is 0 Å². The van der Waals surface area contributed by atoms with Crippen LogP contribution in [-0.4, -0.2) is 36.3 Å². The van der Waals surface area contributed by atoms with E-state index < -0.39 is 0 Å². The fraction of sp³-hybridized carbons (Fsp3) is 0.333. The number of benzene rings is 1. The molecule has 0 radical (unpaired) electrons. The molecule has 0 N–H and O–H groups in total. The van der Waals surface area contributed by atoms with E-state index in [1.807, 2.05) is 38.1 Å². The molecule has 0 saturated carbocycles. The van der Waals surface area contributed by atoms with E-state index in [2.05, 4.69) is 9.89 Å². The summed E-state index contributed by atoms with van der Waals surface area (Å²) in [6.45, 7) is 5.33. The van der Waals surface area contributed by atoms with E-state index in [0.29, 0.717) is 11.8 Å². The van der Waals surface area contributed by atoms with Gasteiger partial charge in [0.05, 0.1) is 11.4 Å². The second-order valence-electron chi connectivity index (χ2n) is 5.40. The Labute approximate surface area is 147 Å². The molecule has 0 amide bonds. The number of hydrogen-bond acceptors (Lipinski definition) is 3. The first kappa shape index (κ1) is 17.8. The molecule has 1 aromatic carbocycles. The molecule has 0 heterocycles. The molecule has 0 fully saturated rings. The first-order chi connectivity index (χ1) is 11.0. The second kappa shape index (κ2) is 8.32. The summed E-state index contributed by atoms with van der Waals surface area (Å²) < 4.78 is 0. The monoisotopic (exact) mass is 350 g/mol. The van der Waals surface area contributed by atoms with Crippen LogP contribution < -0.4 is 4.90 Å². The second-order valence-corrected chi connectivity index (χ2v) is 6.15. The molecule has 1 aliphatic carbocycles. The fourth-order valence-electron chi connectivity index (χ4n) is 2.53. The minimum Gasteiger partial charge on any atom is -0.369 e. The Bertz CT molecular complexity index is 630. The molecule has 122 valence electrons. The number of carbonyl (C=O) groups excluding carboxylic acids is 1. The van der Waals surface area contributed by atoms with Crippen molar-refractivity contribution in [1.82, 2.24) is 0 Å². The lowest BCUT2D eigenvalue weighted by Crippen LogP contribution is -2.27. The molecule has 0 aliphatic heterocycles. The van der Waals surface area contributed by atoms with Crippen LogP contribution in [0.2, 0.25) is 0 Å². The van der Waals surface area contributed by atoms with Crippen molar-refractivity contribution in [3.8, 4) is 0 Å². The van der Waals surface area contributed by atoms with Crippen LogP contribution in [0.4, 0.5) is 11.4 Å². The summed E-state index contributed by atoms with van der Waals surface area (Å²) in [4.78, 5) is 18.3. The first-order valence-electron chi connectivity index (χ1n) is 7.52. The maximum Gasteiger partial charge on any atom is 0.179 e. The molecule has 1 aliphatic rings. The molecule has 0 spiro atoms. The fourth-order valence-corrected chi connectivity index (χ4v) is 2.94. The molecule has 3 nitrogen and oxygen atoms in total. The highest BCUT2D eigenvalue weighted by Gasteiger charge is 2.13. The number of halogens is 2. The van der Waals surface area contributed by atoms with E-state index in [4.69, 9.17) is 23.2 Å². The summed E-state index contributed by atoms with van der Waals surface area (Å²) in [5.74, 6) is 1.14. The average Bonchev–Trinajstić information content (AvgIpc) is 2.51. The highest BCUT2D eigenvalue weighted by Crippen LogP contribution is 2.23. The Kier molecular flexibility index (Phi) is 6.43. The highest BCUT2D eigenvalue weighted by atomic mass is 35.5. The number of ketones is 1. The lowest BCUT2D eigenvalue weighted by atomic mass is 9.97. The van der Waals surface area contributed by atoms with Gasteiger partial charge in [-0.05, 0) is 61.4 Å². The summed E-state index contributed by atoms with van der Waals surface area (Å²) in [6, 6.07) is 7.97. The topological polar surface area (TPSA) is 32.7 Å². The zero-order chi connectivity index (χ0) is 16.8. The normalized spacial score (nSPS) is 14.4. The maximum atomic E-state index is 11.5. The molecular formula is C18H20Cl2N2O. The summed E-state index contributed by atoms with van der Waals surface area (Å²) in [5.41, 5.74) is 4.58. The molecule has 23 heavy (non-hydrogen) atoms. The number of hydrogen-bond donors (Lipinski definition) is 0. The summed E-state index contributed by atoms with van der Waals surface area (Å²) in [6.07, 6.45) is 3.23. The van der Waals surface area contributed by atoms with Crippen LogP contribution in [0, 0.1) is 0 Å². The predicted octanol–water partition coefficient (Wildman–Crippen LogP) is 4.52. The smallest absolute Gasteiger partial charge is 0.179 e. The lowest BCUT2D eigenvalue weighted by molar-refractivity contribution is -0.110. The number of allylic oxidation sites excluding steroid dienone is 4. The minimum absolute atomic E-state index is 0.0205. The van der Waals surface area contributed by atoms with Crippen LogP contribution in [0.15, 0.2) is 52.6 Å². The van der Waals surface area contributed by atoms with Gasteiger partial charge in [0.1, 0.15) is 0 Å². The van der Waals surface area contributed by atoms with E-state index in [1.54, 1.807) is 12.2 Å². The van der Waals surface area contributed by atoms with Crippen LogP contribution in [0.1, 0.15) is 13.8 Å². The predicted molar refractivity (Wildman–Crippen MR) is 99.7 cm³/mol. The van der Waals surface area contributed by atoms with Crippen LogP contribution in [0.5, 0.6) is 0 Å². The van der Waals surface area contributed by atoms with Gasteiger partial charge in [0.15, 0.2) is 5.78 Å². The van der Waals surface area contributed by atoms with Crippen molar-refractivity contribution in [2.45, 2.75) is 13.8 Å². The number of nitrogens with zero attached hydrogens (tertiary/aromatic N) is 2. The Morgan fingerprint density at radius 1 is 0.957 bits per heavy atom. The number of rotatable bonds is 6. The SMILES string of the molecule is CC1=CC(=O)C=C(C)C1=Nc1ccc(N(CCCl)CCCl)cc1. The van der Waals surface area contributed by atoms with Crippen molar-refractivity contribution < 1.29 is 4.79 Å². The van der Waals surface area contributed by atoms with E-state index in [9.17, 15) is 4.79 Å². The molecule has 0 unspecified atom stereocenters. The van der Waals surface area contributed by atoms with Crippen molar-refractivity contribution in [1.29, 1.82) is 0 Å². The standard InChI is InChI=1S/C18H20Cl2N2O/c1-13-11-17(23)12-14(2)18(13)21-15-3-5-16(6-4-15)22(9-7-19)10-8-20/h3-6,11-12H,7-10H2,1-2H3. The van der Waals surface area contributed by atoms with Gasteiger partial charge in [0.25, 0.3) is 0 Å². The molecule has 0 aromatic heterocycles. The van der Waals surface area contributed by atoms with Crippen molar-refractivity contribution in [2.75, 3.05) is 29.7 Å². The van der Waals surface area contributed by atoms with Gasteiger partial charge in [-0.25, -0.2) is 4.99 Å². The Morgan fingerprint density at radius 2 is 1.48 bits per heavy atom. The van der Waals surface area contributed by atoms with Crippen LogP contribution in [-0.2, 0) is 4.79 Å². The van der Waals surface area contributed by atoms with Gasteiger partial charge < -0.3 is 4.90 Å². The van der Waals surface area contributed by atoms with Gasteiger partial charge in [0.2, 0.25) is 0 Å². The third-order valence-corrected chi connectivity index (χ3v) is 3.97. The van der Waals surface area contributed by atoms with Gasteiger partial charge in [-0.3, -0.25) is 4.79 Å². The van der Waals surface area contributed by atoms with Gasteiger partial charge >= 0.3 is 0 Å². The van der Waals surface area contributed by atoms with Crippen molar-refractivity contribution >= 4 is 46.1 Å². The van der Waals surface area contributed by atoms with Crippen LogP contribution in [0.3, 0.4) is 0 Å². The molecule has 0 saturated heterocycles. The van der Waals surface area contributed by atoms with E-state index in [0.717, 1.165) is 41.3 Å². The molecule has 0 atom stereocenters. The minimum atomic E-state index is 0.0205. The Hall–Kier alpha value is -1.58. The maximum absolute atomic E-state index is 11.5. The van der Waals surface area contributed by atoms with Crippen LogP contribution >= 0.6 is 23.2 Å². The summed E-state index contributed by atoms with van der Waals surface area (Å²) in [5, 5.41) is 0. The van der Waals surface area contributed by atoms with Gasteiger partial charge in [0, 0.05) is 30.5 Å². The first-order valence-corrected chi connectivity index (χ1v) is 8.59. The lowest BCUT2D eigenvalue weighted by Gasteiger charge is -2.22. The Balaban J connectivity index is 2.23. The number of anilines is 1. The zero-order valence-electron chi connectivity index (χ0n) is 13.4. The summed E-state index contributed by atoms with van der Waals surface area (Å²) in [7, 11) is 0. The van der Waals surface area contributed by atoms with Gasteiger partial charge in [-0.15, -0.1) is 23.2 Å². The van der Waals surface area contributed by atoms with Crippen molar-refractivity contribution in [3.63, 3.8) is 0 Å². The summed E-state index contributed by atoms with van der Waals surface area (Å²) >= 11 is 11.7. The third-order valence-electron chi connectivity index (χ3n) is 3.63. The molecule has 1 aromatic rings. The molecule has 2 rings (SSSR count). The van der Waals surface area contributed by atoms with Crippen molar-refractivity contribution in [3.05, 3.63) is 47.6 Å². The largest absolute Gasteiger partial charge is 0.369 e. The van der Waals surface area contributed by atoms with Crippen molar-refractivity contribution in [2.24, 2.45) is 4.99 Å². The zero-order valence-corrected chi connectivity index (χ0v) is 14.9. The third kappa shape index (κ3) is 4.69. The number of carbonyl (C=O) groups is 1. The Morgan fingerprint density at radius 3 is 1.96 bits per heavy atom. The van der Waals surface area contributed by atoms with E-state index >= 15 is 0 Å². The molecular weight excluding hydrogens is 331 g/mol. The van der Waals surface area contributed by atoms with Gasteiger partial charge in [-0.1, -0.05) is 0 Å². The van der Waals surface area contributed by atoms with Crippen LogP contribution in [0.25, 0.3) is 0 Å². The quantitative estimate of drug-likeness (QED) is 0.558. The van der Waals surface area contributed by atoms with E-state index in [-0.39, 0.29) is 5.78 Å². The van der Waals surface area contributed by atoms with Gasteiger partial charge in [-0.2, -0.15) is 0 Å². The number of alkyl halides is 2. The molecule has 0 bridgehead atoms. The number of aliphatic imine (C=N–C) groups is 1. The average molecular weight is 351 g/mol.